The molecule has 0 bridgehead atoms. The van der Waals surface area contributed by atoms with E-state index in [1.54, 1.807) is 0 Å². The predicted molar refractivity (Wildman–Crippen MR) is 86.0 cm³/mol. The van der Waals surface area contributed by atoms with Crippen molar-refractivity contribution in [1.29, 1.82) is 0 Å². The number of nitrogens with one attached hydrogen (secondary N) is 1. The molecule has 1 aliphatic rings. The highest BCUT2D eigenvalue weighted by molar-refractivity contribution is 8.01. The Morgan fingerprint density at radius 3 is 3.05 bits per heavy atom. The van der Waals surface area contributed by atoms with E-state index in [1.165, 1.54) is 9.77 Å². The maximum Gasteiger partial charge on any atom is 0.213 e. The van der Waals surface area contributed by atoms with Gasteiger partial charge in [-0.2, -0.15) is 0 Å². The zero-order valence-corrected chi connectivity index (χ0v) is 13.3. The monoisotopic (exact) mass is 306 g/mol. The minimum Gasteiger partial charge on any atom is -0.478 e. The van der Waals surface area contributed by atoms with Crippen molar-refractivity contribution in [3.05, 3.63) is 35.3 Å². The molecule has 0 saturated carbocycles. The summed E-state index contributed by atoms with van der Waals surface area (Å²) in [4.78, 5) is 4.31. The van der Waals surface area contributed by atoms with Crippen molar-refractivity contribution in [3.63, 3.8) is 0 Å². The van der Waals surface area contributed by atoms with E-state index in [9.17, 15) is 0 Å². The van der Waals surface area contributed by atoms with Gasteiger partial charge in [0.25, 0.3) is 0 Å². The van der Waals surface area contributed by atoms with Crippen LogP contribution in [-0.4, -0.2) is 16.8 Å². The number of nitrogens with zero attached hydrogens (tertiary/aromatic N) is 1. The standard InChI is InChI=1S/C15H18N2OS2/c1-3-18-14-5-4-11(9-16-14)17-13-8-10(2)20-15-12(13)6-7-19-15/h4-7,9-10,13,17H,3,8H2,1-2H3/t10-,13?/m0/s1. The van der Waals surface area contributed by atoms with Crippen LogP contribution < -0.4 is 10.1 Å². The number of anilines is 1. The van der Waals surface area contributed by atoms with E-state index in [0.717, 1.165) is 12.1 Å². The number of pyridine rings is 1. The minimum atomic E-state index is 0.382. The summed E-state index contributed by atoms with van der Waals surface area (Å²) in [6.45, 7) is 4.90. The molecule has 1 unspecified atom stereocenters. The molecular weight excluding hydrogens is 288 g/mol. The third kappa shape index (κ3) is 2.94. The van der Waals surface area contributed by atoms with Gasteiger partial charge in [-0.15, -0.1) is 23.1 Å². The average Bonchev–Trinajstić information content (AvgIpc) is 2.89. The summed E-state index contributed by atoms with van der Waals surface area (Å²) >= 11 is 3.82. The SMILES string of the molecule is CCOc1ccc(NC2C[C@H](C)Sc3sccc32)cn1. The highest BCUT2D eigenvalue weighted by Crippen LogP contribution is 2.44. The molecule has 0 radical (unpaired) electrons. The van der Waals surface area contributed by atoms with Crippen LogP contribution >= 0.6 is 23.1 Å². The molecule has 20 heavy (non-hydrogen) atoms. The van der Waals surface area contributed by atoms with Crippen molar-refractivity contribution in [2.75, 3.05) is 11.9 Å². The number of hydrogen-bond donors (Lipinski definition) is 1. The van der Waals surface area contributed by atoms with Gasteiger partial charge in [0.2, 0.25) is 5.88 Å². The van der Waals surface area contributed by atoms with Crippen molar-refractivity contribution in [2.45, 2.75) is 35.8 Å². The highest BCUT2D eigenvalue weighted by Gasteiger charge is 2.26. The predicted octanol–water partition coefficient (Wildman–Crippen LogP) is 4.58. The molecule has 2 aromatic rings. The Bertz CT molecular complexity index is 568. The average molecular weight is 306 g/mol. The lowest BCUT2D eigenvalue weighted by Gasteiger charge is -2.28. The van der Waals surface area contributed by atoms with E-state index in [-0.39, 0.29) is 0 Å². The van der Waals surface area contributed by atoms with Crippen LogP contribution in [0.1, 0.15) is 31.9 Å². The van der Waals surface area contributed by atoms with Gasteiger partial charge < -0.3 is 10.1 Å². The van der Waals surface area contributed by atoms with Crippen LogP contribution in [0.3, 0.4) is 0 Å². The number of rotatable bonds is 4. The van der Waals surface area contributed by atoms with Crippen molar-refractivity contribution in [1.82, 2.24) is 4.98 Å². The molecule has 3 nitrogen and oxygen atoms in total. The first-order valence-electron chi connectivity index (χ1n) is 6.85. The fourth-order valence-electron chi connectivity index (χ4n) is 2.39. The molecular formula is C15H18N2OS2. The molecule has 3 heterocycles. The molecule has 0 saturated heterocycles. The van der Waals surface area contributed by atoms with E-state index in [0.29, 0.717) is 23.8 Å². The third-order valence-electron chi connectivity index (χ3n) is 3.28. The molecule has 0 aromatic carbocycles. The summed E-state index contributed by atoms with van der Waals surface area (Å²) in [5.41, 5.74) is 2.47. The fourth-order valence-corrected chi connectivity index (χ4v) is 4.95. The second-order valence-corrected chi connectivity index (χ2v) is 7.47. The number of thiophene rings is 1. The topological polar surface area (TPSA) is 34.1 Å². The van der Waals surface area contributed by atoms with Crippen LogP contribution in [0.15, 0.2) is 34.0 Å². The van der Waals surface area contributed by atoms with E-state index in [1.807, 2.05) is 48.4 Å². The van der Waals surface area contributed by atoms with E-state index in [4.69, 9.17) is 4.74 Å². The lowest BCUT2D eigenvalue weighted by atomic mass is 10.0. The van der Waals surface area contributed by atoms with Gasteiger partial charge in [-0.25, -0.2) is 4.98 Å². The molecule has 0 fully saturated rings. The second kappa shape index (κ2) is 6.06. The quantitative estimate of drug-likeness (QED) is 0.896. The zero-order valence-electron chi connectivity index (χ0n) is 11.6. The van der Waals surface area contributed by atoms with Crippen LogP contribution in [-0.2, 0) is 0 Å². The Labute approximate surface area is 127 Å². The maximum atomic E-state index is 5.37. The normalized spacial score (nSPS) is 21.3. The fraction of sp³-hybridized carbons (Fsp3) is 0.400. The summed E-state index contributed by atoms with van der Waals surface area (Å²) in [6.07, 6.45) is 2.99. The first kappa shape index (κ1) is 13.8. The van der Waals surface area contributed by atoms with Crippen molar-refractivity contribution in [3.8, 4) is 5.88 Å². The van der Waals surface area contributed by atoms with Crippen LogP contribution in [0, 0.1) is 0 Å². The largest absolute Gasteiger partial charge is 0.478 e. The lowest BCUT2D eigenvalue weighted by Crippen LogP contribution is -2.19. The smallest absolute Gasteiger partial charge is 0.213 e. The van der Waals surface area contributed by atoms with Gasteiger partial charge in [0.1, 0.15) is 0 Å². The number of thioether (sulfide) groups is 1. The molecule has 0 aliphatic carbocycles. The van der Waals surface area contributed by atoms with Gasteiger partial charge >= 0.3 is 0 Å². The Morgan fingerprint density at radius 1 is 1.40 bits per heavy atom. The summed E-state index contributed by atoms with van der Waals surface area (Å²) < 4.78 is 6.82. The second-order valence-electron chi connectivity index (χ2n) is 4.84. The number of fused-ring (bicyclic) bond motifs is 1. The molecule has 106 valence electrons. The molecule has 0 spiro atoms. The Morgan fingerprint density at radius 2 is 2.30 bits per heavy atom. The van der Waals surface area contributed by atoms with Crippen LogP contribution in [0.25, 0.3) is 0 Å². The molecule has 5 heteroatoms. The molecule has 3 rings (SSSR count). The highest BCUT2D eigenvalue weighted by atomic mass is 32.2. The van der Waals surface area contributed by atoms with Gasteiger partial charge in [0, 0.05) is 11.3 Å². The number of ether oxygens (including phenoxy) is 1. The van der Waals surface area contributed by atoms with Crippen LogP contribution in [0.5, 0.6) is 5.88 Å². The number of hydrogen-bond acceptors (Lipinski definition) is 5. The molecule has 0 amide bonds. The van der Waals surface area contributed by atoms with Gasteiger partial charge in [-0.3, -0.25) is 0 Å². The van der Waals surface area contributed by atoms with Gasteiger partial charge in [-0.05, 0) is 36.4 Å². The Balaban J connectivity index is 1.75. The van der Waals surface area contributed by atoms with Crippen molar-refractivity contribution < 1.29 is 4.74 Å². The molecule has 2 atom stereocenters. The van der Waals surface area contributed by atoms with Gasteiger partial charge in [-0.1, -0.05) is 6.92 Å². The summed E-state index contributed by atoms with van der Waals surface area (Å²) in [5, 5.41) is 6.43. The molecule has 1 aliphatic heterocycles. The Kier molecular flexibility index (Phi) is 4.17. The first-order valence-corrected chi connectivity index (χ1v) is 8.61. The molecule has 1 N–H and O–H groups in total. The first-order chi connectivity index (χ1) is 9.76. The van der Waals surface area contributed by atoms with E-state index < -0.39 is 0 Å². The summed E-state index contributed by atoms with van der Waals surface area (Å²) in [6, 6.07) is 6.57. The maximum absolute atomic E-state index is 5.37. The lowest BCUT2D eigenvalue weighted by molar-refractivity contribution is 0.327. The van der Waals surface area contributed by atoms with Crippen molar-refractivity contribution >= 4 is 28.8 Å². The third-order valence-corrected chi connectivity index (χ3v) is 5.62. The molecule has 2 aromatic heterocycles. The van der Waals surface area contributed by atoms with Crippen LogP contribution in [0.2, 0.25) is 0 Å². The van der Waals surface area contributed by atoms with E-state index in [2.05, 4.69) is 28.7 Å². The van der Waals surface area contributed by atoms with Crippen molar-refractivity contribution in [2.24, 2.45) is 0 Å². The number of aromatic nitrogens is 1. The Hall–Kier alpha value is -1.20. The van der Waals surface area contributed by atoms with E-state index >= 15 is 0 Å². The summed E-state index contributed by atoms with van der Waals surface area (Å²) in [7, 11) is 0. The van der Waals surface area contributed by atoms with Gasteiger partial charge in [0.05, 0.1) is 28.7 Å². The minimum absolute atomic E-state index is 0.382. The summed E-state index contributed by atoms with van der Waals surface area (Å²) in [5.74, 6) is 0.682. The zero-order chi connectivity index (χ0) is 13.9. The van der Waals surface area contributed by atoms with Crippen LogP contribution in [0.4, 0.5) is 5.69 Å². The van der Waals surface area contributed by atoms with Gasteiger partial charge in [0.15, 0.2) is 0 Å².